The fourth-order valence-corrected chi connectivity index (χ4v) is 3.81. The van der Waals surface area contributed by atoms with E-state index in [0.29, 0.717) is 28.5 Å². The van der Waals surface area contributed by atoms with Gasteiger partial charge in [0.25, 0.3) is 5.91 Å². The first kappa shape index (κ1) is 16.1. The van der Waals surface area contributed by atoms with E-state index in [1.807, 2.05) is 12.1 Å². The van der Waals surface area contributed by atoms with Crippen LogP contribution in [-0.2, 0) is 0 Å². The summed E-state index contributed by atoms with van der Waals surface area (Å²) in [7, 11) is 0. The minimum absolute atomic E-state index is 0.00875. The topological polar surface area (TPSA) is 29.1 Å². The summed E-state index contributed by atoms with van der Waals surface area (Å²) in [4.78, 5) is 12.5. The van der Waals surface area contributed by atoms with E-state index in [9.17, 15) is 4.79 Å². The van der Waals surface area contributed by atoms with E-state index in [1.165, 1.54) is 19.3 Å². The molecule has 2 rings (SSSR count). The van der Waals surface area contributed by atoms with Gasteiger partial charge in [-0.2, -0.15) is 0 Å². The predicted molar refractivity (Wildman–Crippen MR) is 92.2 cm³/mol. The van der Waals surface area contributed by atoms with Gasteiger partial charge in [0.2, 0.25) is 0 Å². The standard InChI is InChI=1S/C16H21ClINO/c1-10(2)12-5-3-4-6-15(12)19-16(20)13-9-11(17)7-8-14(13)18/h7-10,12,15H,3-6H2,1-2H3,(H,19,20). The zero-order chi connectivity index (χ0) is 14.7. The predicted octanol–water partition coefficient (Wildman–Crippen LogP) is 4.89. The molecule has 110 valence electrons. The lowest BCUT2D eigenvalue weighted by molar-refractivity contribution is 0.0888. The summed E-state index contributed by atoms with van der Waals surface area (Å²) < 4.78 is 0.946. The molecule has 1 aliphatic rings. The van der Waals surface area contributed by atoms with E-state index >= 15 is 0 Å². The van der Waals surface area contributed by atoms with Crippen molar-refractivity contribution in [2.24, 2.45) is 11.8 Å². The summed E-state index contributed by atoms with van der Waals surface area (Å²) in [6.45, 7) is 4.50. The van der Waals surface area contributed by atoms with Crippen LogP contribution in [0.2, 0.25) is 5.02 Å². The highest BCUT2D eigenvalue weighted by atomic mass is 127. The van der Waals surface area contributed by atoms with Gasteiger partial charge >= 0.3 is 0 Å². The zero-order valence-corrected chi connectivity index (χ0v) is 14.9. The summed E-state index contributed by atoms with van der Waals surface area (Å²) in [5.41, 5.74) is 0.686. The van der Waals surface area contributed by atoms with E-state index < -0.39 is 0 Å². The molecule has 0 aliphatic heterocycles. The van der Waals surface area contributed by atoms with Crippen LogP contribution in [0.15, 0.2) is 18.2 Å². The van der Waals surface area contributed by atoms with Gasteiger partial charge in [-0.05, 0) is 65.5 Å². The lowest BCUT2D eigenvalue weighted by Crippen LogP contribution is -2.44. The van der Waals surface area contributed by atoms with Crippen LogP contribution in [0.5, 0.6) is 0 Å². The van der Waals surface area contributed by atoms with Gasteiger partial charge in [0.05, 0.1) is 5.56 Å². The molecular formula is C16H21ClINO. The van der Waals surface area contributed by atoms with Gasteiger partial charge in [0, 0.05) is 14.6 Å². The number of hydrogen-bond donors (Lipinski definition) is 1. The molecule has 1 amide bonds. The Morgan fingerprint density at radius 2 is 2.05 bits per heavy atom. The molecule has 0 saturated heterocycles. The molecule has 1 aromatic carbocycles. The zero-order valence-electron chi connectivity index (χ0n) is 12.0. The molecule has 1 saturated carbocycles. The van der Waals surface area contributed by atoms with E-state index in [0.717, 1.165) is 9.99 Å². The van der Waals surface area contributed by atoms with Crippen molar-refractivity contribution in [1.82, 2.24) is 5.32 Å². The Hall–Kier alpha value is -0.290. The Morgan fingerprint density at radius 1 is 1.35 bits per heavy atom. The second kappa shape index (κ2) is 7.12. The van der Waals surface area contributed by atoms with Gasteiger partial charge in [-0.25, -0.2) is 0 Å². The number of rotatable bonds is 3. The average Bonchev–Trinajstić information content (AvgIpc) is 2.41. The highest BCUT2D eigenvalue weighted by molar-refractivity contribution is 14.1. The second-order valence-electron chi connectivity index (χ2n) is 5.90. The maximum atomic E-state index is 12.5. The van der Waals surface area contributed by atoms with E-state index in [1.54, 1.807) is 6.07 Å². The SMILES string of the molecule is CC(C)C1CCCCC1NC(=O)c1cc(Cl)ccc1I. The molecule has 0 radical (unpaired) electrons. The van der Waals surface area contributed by atoms with Gasteiger partial charge in [0.1, 0.15) is 0 Å². The Labute approximate surface area is 139 Å². The number of carbonyl (C=O) groups excluding carboxylic acids is 1. The van der Waals surface area contributed by atoms with Crippen molar-refractivity contribution in [3.8, 4) is 0 Å². The number of halogens is 2. The number of carbonyl (C=O) groups is 1. The fourth-order valence-electron chi connectivity index (χ4n) is 3.05. The Morgan fingerprint density at radius 3 is 2.75 bits per heavy atom. The normalized spacial score (nSPS) is 22.9. The van der Waals surface area contributed by atoms with Gasteiger partial charge in [-0.3, -0.25) is 4.79 Å². The van der Waals surface area contributed by atoms with Crippen molar-refractivity contribution >= 4 is 40.1 Å². The van der Waals surface area contributed by atoms with Crippen molar-refractivity contribution < 1.29 is 4.79 Å². The van der Waals surface area contributed by atoms with Crippen molar-refractivity contribution in [1.29, 1.82) is 0 Å². The number of benzene rings is 1. The largest absolute Gasteiger partial charge is 0.349 e. The highest BCUT2D eigenvalue weighted by Gasteiger charge is 2.29. The molecule has 1 aromatic rings. The quantitative estimate of drug-likeness (QED) is 0.713. The summed E-state index contributed by atoms with van der Waals surface area (Å²) >= 11 is 8.19. The first-order chi connectivity index (χ1) is 9.49. The third-order valence-electron chi connectivity index (χ3n) is 4.17. The van der Waals surface area contributed by atoms with Crippen LogP contribution in [0.25, 0.3) is 0 Å². The van der Waals surface area contributed by atoms with Crippen molar-refractivity contribution in [2.75, 3.05) is 0 Å². The second-order valence-corrected chi connectivity index (χ2v) is 7.50. The van der Waals surface area contributed by atoms with Crippen LogP contribution in [0.1, 0.15) is 49.9 Å². The van der Waals surface area contributed by atoms with Crippen LogP contribution >= 0.6 is 34.2 Å². The monoisotopic (exact) mass is 405 g/mol. The molecule has 4 heteroatoms. The number of nitrogens with one attached hydrogen (secondary N) is 1. The fraction of sp³-hybridized carbons (Fsp3) is 0.562. The van der Waals surface area contributed by atoms with Gasteiger partial charge in [-0.15, -0.1) is 0 Å². The molecule has 20 heavy (non-hydrogen) atoms. The first-order valence-corrected chi connectivity index (χ1v) is 8.70. The molecule has 0 spiro atoms. The average molecular weight is 406 g/mol. The molecule has 0 bridgehead atoms. The summed E-state index contributed by atoms with van der Waals surface area (Å²) in [5.74, 6) is 1.21. The van der Waals surface area contributed by atoms with Gasteiger partial charge in [0.15, 0.2) is 0 Å². The first-order valence-electron chi connectivity index (χ1n) is 7.25. The summed E-state index contributed by atoms with van der Waals surface area (Å²) in [5, 5.41) is 3.84. The molecule has 1 fully saturated rings. The van der Waals surface area contributed by atoms with Crippen LogP contribution in [-0.4, -0.2) is 11.9 Å². The minimum atomic E-state index is 0.00875. The lowest BCUT2D eigenvalue weighted by atomic mass is 9.78. The van der Waals surface area contributed by atoms with E-state index in [4.69, 9.17) is 11.6 Å². The molecule has 2 atom stereocenters. The number of hydrogen-bond acceptors (Lipinski definition) is 1. The number of amides is 1. The van der Waals surface area contributed by atoms with Crippen LogP contribution < -0.4 is 5.32 Å². The Balaban J connectivity index is 2.11. The summed E-state index contributed by atoms with van der Waals surface area (Å²) in [6, 6.07) is 5.76. The molecule has 1 aliphatic carbocycles. The third kappa shape index (κ3) is 3.88. The van der Waals surface area contributed by atoms with E-state index in [-0.39, 0.29) is 5.91 Å². The Bertz CT molecular complexity index is 489. The maximum absolute atomic E-state index is 12.5. The molecule has 2 nitrogen and oxygen atoms in total. The van der Waals surface area contributed by atoms with Crippen molar-refractivity contribution in [2.45, 2.75) is 45.6 Å². The van der Waals surface area contributed by atoms with Crippen LogP contribution in [0, 0.1) is 15.4 Å². The molecule has 0 heterocycles. The minimum Gasteiger partial charge on any atom is -0.349 e. The lowest BCUT2D eigenvalue weighted by Gasteiger charge is -2.35. The van der Waals surface area contributed by atoms with Crippen LogP contribution in [0.4, 0.5) is 0 Å². The molecule has 1 N–H and O–H groups in total. The third-order valence-corrected chi connectivity index (χ3v) is 5.34. The van der Waals surface area contributed by atoms with Crippen LogP contribution in [0.3, 0.4) is 0 Å². The van der Waals surface area contributed by atoms with E-state index in [2.05, 4.69) is 41.8 Å². The van der Waals surface area contributed by atoms with Gasteiger partial charge < -0.3 is 5.32 Å². The molecule has 0 aromatic heterocycles. The van der Waals surface area contributed by atoms with Gasteiger partial charge in [-0.1, -0.05) is 38.3 Å². The molecular weight excluding hydrogens is 385 g/mol. The highest BCUT2D eigenvalue weighted by Crippen LogP contribution is 2.30. The smallest absolute Gasteiger partial charge is 0.252 e. The molecule has 2 unspecified atom stereocenters. The van der Waals surface area contributed by atoms with Crippen molar-refractivity contribution in [3.63, 3.8) is 0 Å². The van der Waals surface area contributed by atoms with Crippen molar-refractivity contribution in [3.05, 3.63) is 32.4 Å². The Kier molecular flexibility index (Phi) is 5.73. The summed E-state index contributed by atoms with van der Waals surface area (Å²) in [6.07, 6.45) is 4.80. The maximum Gasteiger partial charge on any atom is 0.252 e.